The highest BCUT2D eigenvalue weighted by Gasteiger charge is 2.29. The zero-order valence-electron chi connectivity index (χ0n) is 16.2. The van der Waals surface area contributed by atoms with Crippen molar-refractivity contribution in [3.63, 3.8) is 0 Å². The number of amidine groups is 1. The predicted molar refractivity (Wildman–Crippen MR) is 116 cm³/mol. The molecule has 148 valence electrons. The Labute approximate surface area is 173 Å². The van der Waals surface area contributed by atoms with Crippen molar-refractivity contribution in [1.82, 2.24) is 0 Å². The van der Waals surface area contributed by atoms with Gasteiger partial charge in [-0.2, -0.15) is 8.42 Å². The SMILES string of the molecule is CCCN1C(C)=NS(=O)(=O)c2cc(C(=O)Nc3c(C)cc(Br)cc3C)ccc21. The maximum Gasteiger partial charge on any atom is 0.286 e. The number of carbonyl (C=O) groups is 1. The highest BCUT2D eigenvalue weighted by Crippen LogP contribution is 2.33. The highest BCUT2D eigenvalue weighted by atomic mass is 79.9. The molecule has 0 radical (unpaired) electrons. The van der Waals surface area contributed by atoms with Crippen LogP contribution in [0.2, 0.25) is 0 Å². The van der Waals surface area contributed by atoms with Crippen LogP contribution in [0.4, 0.5) is 11.4 Å². The number of fused-ring (bicyclic) bond motifs is 1. The monoisotopic (exact) mass is 463 g/mol. The molecule has 0 atom stereocenters. The van der Waals surface area contributed by atoms with Gasteiger partial charge in [0, 0.05) is 22.3 Å². The first-order chi connectivity index (χ1) is 13.1. The van der Waals surface area contributed by atoms with Crippen molar-refractivity contribution in [3.05, 3.63) is 51.5 Å². The lowest BCUT2D eigenvalue weighted by molar-refractivity contribution is 0.102. The van der Waals surface area contributed by atoms with E-state index in [-0.39, 0.29) is 16.4 Å². The number of hydrogen-bond acceptors (Lipinski definition) is 4. The number of halogens is 1. The Bertz CT molecular complexity index is 1070. The lowest BCUT2D eigenvalue weighted by atomic mass is 10.1. The number of nitrogens with zero attached hydrogens (tertiary/aromatic N) is 2. The molecule has 0 aliphatic carbocycles. The second-order valence-corrected chi connectivity index (χ2v) is 9.30. The first kappa shape index (κ1) is 20.5. The second-order valence-electron chi connectivity index (χ2n) is 6.82. The number of nitrogens with one attached hydrogen (secondary N) is 1. The van der Waals surface area contributed by atoms with Gasteiger partial charge in [0.1, 0.15) is 10.7 Å². The summed E-state index contributed by atoms with van der Waals surface area (Å²) in [7, 11) is -3.83. The van der Waals surface area contributed by atoms with Crippen LogP contribution in [-0.2, 0) is 10.0 Å². The third-order valence-corrected chi connectivity index (χ3v) is 6.46. The quantitative estimate of drug-likeness (QED) is 0.714. The van der Waals surface area contributed by atoms with E-state index in [9.17, 15) is 13.2 Å². The van der Waals surface area contributed by atoms with Gasteiger partial charge in [-0.05, 0) is 68.7 Å². The molecule has 0 saturated carbocycles. The van der Waals surface area contributed by atoms with Crippen LogP contribution in [0.15, 0.2) is 44.1 Å². The smallest absolute Gasteiger partial charge is 0.286 e. The van der Waals surface area contributed by atoms with Gasteiger partial charge in [0.25, 0.3) is 15.9 Å². The minimum Gasteiger partial charge on any atom is -0.328 e. The largest absolute Gasteiger partial charge is 0.328 e. The fourth-order valence-electron chi connectivity index (χ4n) is 3.33. The summed E-state index contributed by atoms with van der Waals surface area (Å²) < 4.78 is 29.9. The van der Waals surface area contributed by atoms with Crippen LogP contribution >= 0.6 is 15.9 Å². The van der Waals surface area contributed by atoms with E-state index in [2.05, 4.69) is 25.6 Å². The average molecular weight is 464 g/mol. The molecule has 1 N–H and O–H groups in total. The van der Waals surface area contributed by atoms with Crippen LogP contribution < -0.4 is 10.2 Å². The summed E-state index contributed by atoms with van der Waals surface area (Å²) in [5.41, 5.74) is 3.38. The summed E-state index contributed by atoms with van der Waals surface area (Å²) >= 11 is 3.44. The van der Waals surface area contributed by atoms with Crippen molar-refractivity contribution in [2.45, 2.75) is 39.0 Å². The number of sulfonamides is 1. The van der Waals surface area contributed by atoms with E-state index >= 15 is 0 Å². The number of aryl methyl sites for hydroxylation is 2. The highest BCUT2D eigenvalue weighted by molar-refractivity contribution is 9.10. The zero-order chi connectivity index (χ0) is 20.6. The number of benzene rings is 2. The first-order valence-electron chi connectivity index (χ1n) is 8.95. The van der Waals surface area contributed by atoms with Gasteiger partial charge in [-0.25, -0.2) is 0 Å². The standard InChI is InChI=1S/C20H22BrN3O3S/c1-5-8-24-14(4)23-28(26,27)18-11-15(6-7-17(18)24)20(25)22-19-12(2)9-16(21)10-13(19)3/h6-7,9-11H,5,8H2,1-4H3,(H,22,25). The summed E-state index contributed by atoms with van der Waals surface area (Å²) in [5.74, 6) is 0.0764. The van der Waals surface area contributed by atoms with E-state index in [0.29, 0.717) is 18.1 Å². The van der Waals surface area contributed by atoms with Crippen LogP contribution in [0.5, 0.6) is 0 Å². The number of amides is 1. The van der Waals surface area contributed by atoms with Gasteiger partial charge in [0.2, 0.25) is 0 Å². The number of carbonyl (C=O) groups excluding carboxylic acids is 1. The van der Waals surface area contributed by atoms with E-state index in [1.807, 2.05) is 37.8 Å². The van der Waals surface area contributed by atoms with Crippen molar-refractivity contribution >= 4 is 49.1 Å². The van der Waals surface area contributed by atoms with Crippen molar-refractivity contribution < 1.29 is 13.2 Å². The van der Waals surface area contributed by atoms with Crippen molar-refractivity contribution in [2.24, 2.45) is 4.40 Å². The molecule has 0 unspecified atom stereocenters. The normalized spacial score (nSPS) is 15.0. The fourth-order valence-corrected chi connectivity index (χ4v) is 5.28. The number of rotatable bonds is 4. The average Bonchev–Trinajstić information content (AvgIpc) is 2.60. The maximum absolute atomic E-state index is 12.8. The molecule has 1 amide bonds. The van der Waals surface area contributed by atoms with Crippen LogP contribution in [0.25, 0.3) is 0 Å². The van der Waals surface area contributed by atoms with Gasteiger partial charge in [-0.15, -0.1) is 4.40 Å². The van der Waals surface area contributed by atoms with Crippen molar-refractivity contribution in [3.8, 4) is 0 Å². The van der Waals surface area contributed by atoms with Gasteiger partial charge in [-0.3, -0.25) is 4.79 Å². The lowest BCUT2D eigenvalue weighted by Crippen LogP contribution is -2.34. The maximum atomic E-state index is 12.8. The number of anilines is 2. The minimum atomic E-state index is -3.83. The van der Waals surface area contributed by atoms with Crippen molar-refractivity contribution in [2.75, 3.05) is 16.8 Å². The zero-order valence-corrected chi connectivity index (χ0v) is 18.6. The van der Waals surface area contributed by atoms with Crippen LogP contribution in [0.3, 0.4) is 0 Å². The summed E-state index contributed by atoms with van der Waals surface area (Å²) in [5, 5.41) is 2.90. The van der Waals surface area contributed by atoms with Gasteiger partial charge in [-0.1, -0.05) is 22.9 Å². The minimum absolute atomic E-state index is 0.0588. The Balaban J connectivity index is 2.00. The molecule has 2 aromatic rings. The molecular weight excluding hydrogens is 442 g/mol. The van der Waals surface area contributed by atoms with E-state index < -0.39 is 10.0 Å². The molecule has 1 heterocycles. The van der Waals surface area contributed by atoms with Crippen LogP contribution in [-0.4, -0.2) is 26.7 Å². The van der Waals surface area contributed by atoms with Gasteiger partial charge in [0.05, 0.1) is 5.69 Å². The van der Waals surface area contributed by atoms with E-state index in [4.69, 9.17) is 0 Å². The molecule has 6 nitrogen and oxygen atoms in total. The summed E-state index contributed by atoms with van der Waals surface area (Å²) in [6.45, 7) is 8.16. The molecule has 28 heavy (non-hydrogen) atoms. The molecule has 0 saturated heterocycles. The molecule has 1 aliphatic heterocycles. The molecule has 8 heteroatoms. The second kappa shape index (κ2) is 7.67. The molecule has 0 fully saturated rings. The number of hydrogen-bond donors (Lipinski definition) is 1. The van der Waals surface area contributed by atoms with E-state index in [0.717, 1.165) is 27.7 Å². The van der Waals surface area contributed by atoms with Gasteiger partial charge >= 0.3 is 0 Å². The Kier molecular flexibility index (Phi) is 5.63. The summed E-state index contributed by atoms with van der Waals surface area (Å²) in [6.07, 6.45) is 0.844. The molecule has 3 rings (SSSR count). The molecule has 0 bridgehead atoms. The Morgan fingerprint density at radius 3 is 2.39 bits per heavy atom. The first-order valence-corrected chi connectivity index (χ1v) is 11.2. The van der Waals surface area contributed by atoms with Crippen LogP contribution in [0.1, 0.15) is 41.8 Å². The molecule has 2 aromatic carbocycles. The van der Waals surface area contributed by atoms with E-state index in [1.54, 1.807) is 19.1 Å². The Morgan fingerprint density at radius 1 is 1.14 bits per heavy atom. The molecule has 0 aromatic heterocycles. The third-order valence-electron chi connectivity index (χ3n) is 4.62. The summed E-state index contributed by atoms with van der Waals surface area (Å²) in [6, 6.07) is 8.56. The Morgan fingerprint density at radius 2 is 1.79 bits per heavy atom. The topological polar surface area (TPSA) is 78.8 Å². The molecule has 0 spiro atoms. The van der Waals surface area contributed by atoms with Crippen molar-refractivity contribution in [1.29, 1.82) is 0 Å². The lowest BCUT2D eigenvalue weighted by Gasteiger charge is -2.29. The third kappa shape index (κ3) is 3.84. The molecular formula is C20H22BrN3O3S. The summed E-state index contributed by atoms with van der Waals surface area (Å²) in [4.78, 5) is 14.7. The van der Waals surface area contributed by atoms with E-state index in [1.165, 1.54) is 6.07 Å². The van der Waals surface area contributed by atoms with Crippen LogP contribution in [0, 0.1) is 13.8 Å². The fraction of sp³-hybridized carbons (Fsp3) is 0.300. The Hall–Kier alpha value is -2.19. The van der Waals surface area contributed by atoms with Gasteiger partial charge < -0.3 is 10.2 Å². The van der Waals surface area contributed by atoms with Gasteiger partial charge in [0.15, 0.2) is 0 Å². The molecule has 1 aliphatic rings. The predicted octanol–water partition coefficient (Wildman–Crippen LogP) is 4.66.